The topological polar surface area (TPSA) is 37.8 Å². The molecule has 0 bridgehead atoms. The van der Waals surface area contributed by atoms with E-state index in [4.69, 9.17) is 0 Å². The molecule has 3 heteroatoms. The minimum Gasteiger partial charge on any atom is -0.314 e. The van der Waals surface area contributed by atoms with E-state index in [0.29, 0.717) is 5.92 Å². The second kappa shape index (κ2) is 5.39. The van der Waals surface area contributed by atoms with E-state index in [9.17, 15) is 0 Å². The predicted octanol–water partition coefficient (Wildman–Crippen LogP) is 2.49. The Morgan fingerprint density at radius 3 is 3.00 bits per heavy atom. The molecule has 1 aliphatic carbocycles. The average Bonchev–Trinajstić information content (AvgIpc) is 2.78. The Morgan fingerprint density at radius 1 is 1.44 bits per heavy atom. The van der Waals surface area contributed by atoms with Crippen molar-refractivity contribution in [3.05, 3.63) is 23.8 Å². The molecule has 0 saturated heterocycles. The van der Waals surface area contributed by atoms with Gasteiger partial charge in [0.2, 0.25) is 0 Å². The third-order valence-corrected chi connectivity index (χ3v) is 3.57. The van der Waals surface area contributed by atoms with E-state index in [-0.39, 0.29) is 0 Å². The fourth-order valence-corrected chi connectivity index (χ4v) is 2.57. The molecule has 0 radical (unpaired) electrons. The molecule has 1 heterocycles. The first-order chi connectivity index (χ1) is 7.83. The van der Waals surface area contributed by atoms with Gasteiger partial charge < -0.3 is 5.32 Å². The second-order valence-electron chi connectivity index (χ2n) is 4.72. The normalized spacial score (nSPS) is 24.9. The SMILES string of the molecule is CCC1CCC(c2nccc(CNC)n2)C1. The number of hydrogen-bond acceptors (Lipinski definition) is 3. The summed E-state index contributed by atoms with van der Waals surface area (Å²) < 4.78 is 0. The first-order valence-electron chi connectivity index (χ1n) is 6.30. The summed E-state index contributed by atoms with van der Waals surface area (Å²) in [5, 5.41) is 3.13. The van der Waals surface area contributed by atoms with Crippen LogP contribution in [-0.2, 0) is 6.54 Å². The molecule has 1 aliphatic rings. The zero-order valence-corrected chi connectivity index (χ0v) is 10.2. The lowest BCUT2D eigenvalue weighted by Gasteiger charge is -2.09. The standard InChI is InChI=1S/C13H21N3/c1-3-10-4-5-11(8-10)13-15-7-6-12(16-13)9-14-2/h6-7,10-11,14H,3-5,8-9H2,1-2H3. The van der Waals surface area contributed by atoms with Crippen LogP contribution in [0.15, 0.2) is 12.3 Å². The Hall–Kier alpha value is -0.960. The number of nitrogens with one attached hydrogen (secondary N) is 1. The monoisotopic (exact) mass is 219 g/mol. The molecule has 2 rings (SSSR count). The molecule has 3 nitrogen and oxygen atoms in total. The highest BCUT2D eigenvalue weighted by atomic mass is 14.9. The van der Waals surface area contributed by atoms with Crippen LogP contribution in [-0.4, -0.2) is 17.0 Å². The van der Waals surface area contributed by atoms with Gasteiger partial charge in [0.05, 0.1) is 5.69 Å². The number of aromatic nitrogens is 2. The minimum atomic E-state index is 0.599. The number of nitrogens with zero attached hydrogens (tertiary/aromatic N) is 2. The van der Waals surface area contributed by atoms with E-state index in [0.717, 1.165) is 24.0 Å². The summed E-state index contributed by atoms with van der Waals surface area (Å²) in [6, 6.07) is 1.99. The predicted molar refractivity (Wildman–Crippen MR) is 65.2 cm³/mol. The van der Waals surface area contributed by atoms with Gasteiger partial charge in [-0.2, -0.15) is 0 Å². The van der Waals surface area contributed by atoms with Crippen LogP contribution in [0.3, 0.4) is 0 Å². The van der Waals surface area contributed by atoms with Crippen LogP contribution in [0.25, 0.3) is 0 Å². The highest BCUT2D eigenvalue weighted by Crippen LogP contribution is 2.38. The van der Waals surface area contributed by atoms with Gasteiger partial charge in [-0.15, -0.1) is 0 Å². The summed E-state index contributed by atoms with van der Waals surface area (Å²) in [7, 11) is 1.95. The Kier molecular flexibility index (Phi) is 3.88. The van der Waals surface area contributed by atoms with Crippen molar-refractivity contribution in [2.75, 3.05) is 7.05 Å². The zero-order chi connectivity index (χ0) is 11.4. The summed E-state index contributed by atoms with van der Waals surface area (Å²) >= 11 is 0. The first-order valence-corrected chi connectivity index (χ1v) is 6.30. The molecule has 1 N–H and O–H groups in total. The summed E-state index contributed by atoms with van der Waals surface area (Å²) in [5.74, 6) is 2.55. The molecule has 88 valence electrons. The highest BCUT2D eigenvalue weighted by Gasteiger charge is 2.26. The third-order valence-electron chi connectivity index (χ3n) is 3.57. The lowest BCUT2D eigenvalue weighted by molar-refractivity contribution is 0.516. The van der Waals surface area contributed by atoms with Gasteiger partial charge in [0.25, 0.3) is 0 Å². The average molecular weight is 219 g/mol. The molecule has 2 unspecified atom stereocenters. The first kappa shape index (κ1) is 11.5. The Labute approximate surface area is 97.7 Å². The van der Waals surface area contributed by atoms with Gasteiger partial charge in [-0.3, -0.25) is 0 Å². The van der Waals surface area contributed by atoms with E-state index in [1.807, 2.05) is 19.3 Å². The van der Waals surface area contributed by atoms with Crippen LogP contribution in [0.2, 0.25) is 0 Å². The fourth-order valence-electron chi connectivity index (χ4n) is 2.57. The van der Waals surface area contributed by atoms with Crippen molar-refractivity contribution in [2.45, 2.75) is 45.1 Å². The smallest absolute Gasteiger partial charge is 0.131 e. The molecule has 16 heavy (non-hydrogen) atoms. The fraction of sp³-hybridized carbons (Fsp3) is 0.692. The minimum absolute atomic E-state index is 0.599. The molecule has 1 fully saturated rings. The highest BCUT2D eigenvalue weighted by molar-refractivity contribution is 5.07. The quantitative estimate of drug-likeness (QED) is 0.845. The van der Waals surface area contributed by atoms with Gasteiger partial charge in [0, 0.05) is 18.7 Å². The Balaban J connectivity index is 2.06. The van der Waals surface area contributed by atoms with Crippen LogP contribution in [0.1, 0.15) is 50.0 Å². The third kappa shape index (κ3) is 2.59. The molecule has 1 saturated carbocycles. The maximum absolute atomic E-state index is 4.64. The molecule has 0 aromatic carbocycles. The Bertz CT molecular complexity index is 338. The lowest BCUT2D eigenvalue weighted by atomic mass is 10.0. The maximum atomic E-state index is 4.64. The van der Waals surface area contributed by atoms with Crippen molar-refractivity contribution < 1.29 is 0 Å². The van der Waals surface area contributed by atoms with E-state index < -0.39 is 0 Å². The maximum Gasteiger partial charge on any atom is 0.131 e. The van der Waals surface area contributed by atoms with Crippen LogP contribution in [0, 0.1) is 5.92 Å². The van der Waals surface area contributed by atoms with Gasteiger partial charge in [-0.05, 0) is 38.3 Å². The molecule has 1 aromatic rings. The van der Waals surface area contributed by atoms with Crippen LogP contribution in [0.4, 0.5) is 0 Å². The van der Waals surface area contributed by atoms with Gasteiger partial charge in [0.1, 0.15) is 5.82 Å². The van der Waals surface area contributed by atoms with Crippen molar-refractivity contribution >= 4 is 0 Å². The summed E-state index contributed by atoms with van der Waals surface area (Å²) in [6.45, 7) is 3.12. The second-order valence-corrected chi connectivity index (χ2v) is 4.72. The molecular formula is C13H21N3. The molecule has 0 spiro atoms. The zero-order valence-electron chi connectivity index (χ0n) is 10.2. The van der Waals surface area contributed by atoms with E-state index in [2.05, 4.69) is 22.2 Å². The van der Waals surface area contributed by atoms with E-state index in [1.165, 1.54) is 25.7 Å². The van der Waals surface area contributed by atoms with Gasteiger partial charge in [0.15, 0.2) is 0 Å². The van der Waals surface area contributed by atoms with Crippen LogP contribution < -0.4 is 5.32 Å². The number of rotatable bonds is 4. The van der Waals surface area contributed by atoms with Crippen molar-refractivity contribution in [3.8, 4) is 0 Å². The van der Waals surface area contributed by atoms with Crippen LogP contribution >= 0.6 is 0 Å². The molecule has 0 amide bonds. The molecule has 0 aliphatic heterocycles. The van der Waals surface area contributed by atoms with Gasteiger partial charge in [-0.1, -0.05) is 13.3 Å². The largest absolute Gasteiger partial charge is 0.314 e. The van der Waals surface area contributed by atoms with Crippen molar-refractivity contribution in [1.29, 1.82) is 0 Å². The Morgan fingerprint density at radius 2 is 2.31 bits per heavy atom. The molecular weight excluding hydrogens is 198 g/mol. The van der Waals surface area contributed by atoms with Crippen molar-refractivity contribution in [2.24, 2.45) is 5.92 Å². The van der Waals surface area contributed by atoms with Crippen LogP contribution in [0.5, 0.6) is 0 Å². The summed E-state index contributed by atoms with van der Waals surface area (Å²) in [5.41, 5.74) is 1.10. The lowest BCUT2D eigenvalue weighted by Crippen LogP contribution is -2.10. The van der Waals surface area contributed by atoms with E-state index in [1.54, 1.807) is 0 Å². The van der Waals surface area contributed by atoms with Gasteiger partial charge in [-0.25, -0.2) is 9.97 Å². The van der Waals surface area contributed by atoms with Crippen molar-refractivity contribution in [3.63, 3.8) is 0 Å². The summed E-state index contributed by atoms with van der Waals surface area (Å²) in [6.07, 6.45) is 7.09. The molecule has 2 atom stereocenters. The molecule has 1 aromatic heterocycles. The van der Waals surface area contributed by atoms with Crippen molar-refractivity contribution in [1.82, 2.24) is 15.3 Å². The van der Waals surface area contributed by atoms with Gasteiger partial charge >= 0.3 is 0 Å². The van der Waals surface area contributed by atoms with E-state index >= 15 is 0 Å². The summed E-state index contributed by atoms with van der Waals surface area (Å²) in [4.78, 5) is 9.07. The number of hydrogen-bond donors (Lipinski definition) is 1.